The molecule has 0 spiro atoms. The van der Waals surface area contributed by atoms with E-state index in [1.165, 1.54) is 6.07 Å². The van der Waals surface area contributed by atoms with Gasteiger partial charge < -0.3 is 34.9 Å². The van der Waals surface area contributed by atoms with Crippen molar-refractivity contribution in [3.63, 3.8) is 0 Å². The van der Waals surface area contributed by atoms with Crippen molar-refractivity contribution in [3.05, 3.63) is 40.2 Å². The van der Waals surface area contributed by atoms with Crippen LogP contribution in [0.4, 0.5) is 5.69 Å². The van der Waals surface area contributed by atoms with Crippen molar-refractivity contribution in [2.45, 2.75) is 37.6 Å². The fourth-order valence-corrected chi connectivity index (χ4v) is 2.86. The molecule has 24 heavy (non-hydrogen) atoms. The summed E-state index contributed by atoms with van der Waals surface area (Å²) in [7, 11) is 0. The Bertz CT molecular complexity index is 790. The van der Waals surface area contributed by atoms with Crippen molar-refractivity contribution >= 4 is 16.7 Å². The van der Waals surface area contributed by atoms with Gasteiger partial charge in [0.25, 0.3) is 0 Å². The van der Waals surface area contributed by atoms with Gasteiger partial charge in [-0.1, -0.05) is 0 Å². The Labute approximate surface area is 136 Å². The van der Waals surface area contributed by atoms with E-state index in [-0.39, 0.29) is 0 Å². The number of aryl methyl sites for hydroxylation is 1. The molecule has 1 aromatic carbocycles. The van der Waals surface area contributed by atoms with Crippen LogP contribution in [0.1, 0.15) is 5.56 Å². The molecule has 3 rings (SSSR count). The Morgan fingerprint density at radius 2 is 1.92 bits per heavy atom. The van der Waals surface area contributed by atoms with E-state index < -0.39 is 42.9 Å². The van der Waals surface area contributed by atoms with Gasteiger partial charge in [-0.05, 0) is 24.6 Å². The molecule has 0 amide bonds. The SMILES string of the molecule is Cc1cc(=O)oc2cc(NC3C(O)OC(CO)[C@@H](O)C3O)ccc12. The van der Waals surface area contributed by atoms with Crippen molar-refractivity contribution in [2.24, 2.45) is 0 Å². The maximum absolute atomic E-state index is 11.5. The molecule has 5 N–H and O–H groups in total. The van der Waals surface area contributed by atoms with Crippen LogP contribution in [0.2, 0.25) is 0 Å². The van der Waals surface area contributed by atoms with Crippen molar-refractivity contribution in [1.29, 1.82) is 0 Å². The van der Waals surface area contributed by atoms with Gasteiger partial charge in [-0.3, -0.25) is 0 Å². The number of aliphatic hydroxyl groups excluding tert-OH is 4. The van der Waals surface area contributed by atoms with Crippen LogP contribution < -0.4 is 10.9 Å². The molecule has 4 unspecified atom stereocenters. The van der Waals surface area contributed by atoms with Gasteiger partial charge in [-0.15, -0.1) is 0 Å². The topological polar surface area (TPSA) is 132 Å². The van der Waals surface area contributed by atoms with Gasteiger partial charge in [0, 0.05) is 23.2 Å². The molecule has 1 aliphatic rings. The lowest BCUT2D eigenvalue weighted by atomic mass is 9.97. The number of hydrogen-bond acceptors (Lipinski definition) is 8. The third-order valence-electron chi connectivity index (χ3n) is 4.18. The summed E-state index contributed by atoms with van der Waals surface area (Å²) < 4.78 is 10.2. The Morgan fingerprint density at radius 1 is 1.17 bits per heavy atom. The monoisotopic (exact) mass is 337 g/mol. The zero-order valence-corrected chi connectivity index (χ0v) is 12.9. The minimum absolute atomic E-state index is 0.361. The normalized spacial score (nSPS) is 30.5. The summed E-state index contributed by atoms with van der Waals surface area (Å²) in [5.74, 6) is 0. The number of anilines is 1. The lowest BCUT2D eigenvalue weighted by molar-refractivity contribution is -0.245. The number of aliphatic hydroxyl groups is 4. The smallest absolute Gasteiger partial charge is 0.336 e. The maximum atomic E-state index is 11.5. The van der Waals surface area contributed by atoms with Gasteiger partial charge >= 0.3 is 5.63 Å². The van der Waals surface area contributed by atoms with Gasteiger partial charge in [0.2, 0.25) is 0 Å². The predicted molar refractivity (Wildman–Crippen MR) is 84.6 cm³/mol. The summed E-state index contributed by atoms with van der Waals surface area (Å²) in [4.78, 5) is 11.5. The molecule has 0 radical (unpaired) electrons. The zero-order valence-electron chi connectivity index (χ0n) is 12.9. The van der Waals surface area contributed by atoms with Gasteiger partial charge in [-0.2, -0.15) is 0 Å². The Hall–Kier alpha value is -1.97. The fraction of sp³-hybridized carbons (Fsp3) is 0.438. The van der Waals surface area contributed by atoms with E-state index in [1.54, 1.807) is 25.1 Å². The molecule has 5 atom stereocenters. The summed E-state index contributed by atoms with van der Waals surface area (Å²) in [5, 5.41) is 42.7. The van der Waals surface area contributed by atoms with Crippen molar-refractivity contribution < 1.29 is 29.6 Å². The highest BCUT2D eigenvalue weighted by atomic mass is 16.6. The first-order valence-electron chi connectivity index (χ1n) is 7.52. The molecule has 1 aliphatic heterocycles. The standard InChI is InChI=1S/C16H19NO7/c1-7-4-12(19)23-10-5-8(2-3-9(7)10)17-13-15(21)14(20)11(6-18)24-16(13)22/h2-5,11,13-18,20-22H,6H2,1H3/t11?,13?,14-,15?,16?/m1/s1. The zero-order chi connectivity index (χ0) is 17.4. The minimum Gasteiger partial charge on any atom is -0.423 e. The Morgan fingerprint density at radius 3 is 2.62 bits per heavy atom. The van der Waals surface area contributed by atoms with Crippen molar-refractivity contribution in [1.82, 2.24) is 0 Å². The average molecular weight is 337 g/mol. The lowest BCUT2D eigenvalue weighted by Gasteiger charge is -2.40. The summed E-state index contributed by atoms with van der Waals surface area (Å²) in [5.41, 5.74) is 1.13. The van der Waals surface area contributed by atoms with E-state index in [0.717, 1.165) is 10.9 Å². The molecular formula is C16H19NO7. The van der Waals surface area contributed by atoms with Gasteiger partial charge in [0.15, 0.2) is 6.29 Å². The minimum atomic E-state index is -1.43. The lowest BCUT2D eigenvalue weighted by Crippen LogP contribution is -2.61. The molecule has 0 saturated carbocycles. The second-order valence-corrected chi connectivity index (χ2v) is 5.86. The highest BCUT2D eigenvalue weighted by molar-refractivity contribution is 5.83. The highest BCUT2D eigenvalue weighted by Crippen LogP contribution is 2.25. The summed E-state index contributed by atoms with van der Waals surface area (Å²) in [6, 6.07) is 5.37. The number of fused-ring (bicyclic) bond motifs is 1. The molecule has 0 bridgehead atoms. The van der Waals surface area contributed by atoms with E-state index in [2.05, 4.69) is 5.32 Å². The van der Waals surface area contributed by atoms with Crippen LogP contribution >= 0.6 is 0 Å². The van der Waals surface area contributed by atoms with Crippen LogP contribution in [-0.4, -0.2) is 57.7 Å². The molecule has 8 nitrogen and oxygen atoms in total. The van der Waals surface area contributed by atoms with Crippen LogP contribution in [0.25, 0.3) is 11.0 Å². The quantitative estimate of drug-likeness (QED) is 0.465. The molecule has 2 aromatic rings. The molecule has 1 saturated heterocycles. The molecular weight excluding hydrogens is 318 g/mol. The Kier molecular flexibility index (Phi) is 4.57. The second-order valence-electron chi connectivity index (χ2n) is 5.86. The maximum Gasteiger partial charge on any atom is 0.336 e. The number of nitrogens with one attached hydrogen (secondary N) is 1. The first-order chi connectivity index (χ1) is 11.4. The summed E-state index contributed by atoms with van der Waals surface area (Å²) in [6.07, 6.45) is -5.20. The van der Waals surface area contributed by atoms with E-state index >= 15 is 0 Å². The number of hydrogen-bond donors (Lipinski definition) is 5. The van der Waals surface area contributed by atoms with Crippen molar-refractivity contribution in [2.75, 3.05) is 11.9 Å². The van der Waals surface area contributed by atoms with E-state index in [1.807, 2.05) is 0 Å². The molecule has 1 fully saturated rings. The summed E-state index contributed by atoms with van der Waals surface area (Å²) in [6.45, 7) is 1.27. The van der Waals surface area contributed by atoms with Crippen LogP contribution in [0.5, 0.6) is 0 Å². The first-order valence-corrected chi connectivity index (χ1v) is 7.52. The molecule has 130 valence electrons. The van der Waals surface area contributed by atoms with Crippen LogP contribution in [0.3, 0.4) is 0 Å². The third-order valence-corrected chi connectivity index (χ3v) is 4.18. The molecule has 1 aromatic heterocycles. The predicted octanol–water partition coefficient (Wildman–Crippen LogP) is -0.687. The van der Waals surface area contributed by atoms with E-state index in [9.17, 15) is 20.1 Å². The van der Waals surface area contributed by atoms with Gasteiger partial charge in [-0.25, -0.2) is 4.79 Å². The third kappa shape index (κ3) is 3.02. The van der Waals surface area contributed by atoms with Crippen LogP contribution in [-0.2, 0) is 4.74 Å². The average Bonchev–Trinajstić information content (AvgIpc) is 2.54. The van der Waals surface area contributed by atoms with E-state index in [4.69, 9.17) is 14.3 Å². The van der Waals surface area contributed by atoms with Crippen LogP contribution in [0, 0.1) is 6.92 Å². The number of benzene rings is 1. The molecule has 0 aliphatic carbocycles. The summed E-state index contributed by atoms with van der Waals surface area (Å²) >= 11 is 0. The Balaban J connectivity index is 1.88. The van der Waals surface area contributed by atoms with Crippen LogP contribution in [0.15, 0.2) is 33.5 Å². The van der Waals surface area contributed by atoms with E-state index in [0.29, 0.717) is 11.3 Å². The fourth-order valence-electron chi connectivity index (χ4n) is 2.86. The first kappa shape index (κ1) is 16.9. The van der Waals surface area contributed by atoms with Gasteiger partial charge in [0.05, 0.1) is 6.61 Å². The van der Waals surface area contributed by atoms with Gasteiger partial charge in [0.1, 0.15) is 29.9 Å². The number of rotatable bonds is 3. The number of ether oxygens (including phenoxy) is 1. The second kappa shape index (κ2) is 6.50. The molecule has 8 heteroatoms. The molecule has 2 heterocycles. The highest BCUT2D eigenvalue weighted by Gasteiger charge is 2.43. The van der Waals surface area contributed by atoms with Crippen molar-refractivity contribution in [3.8, 4) is 0 Å². The largest absolute Gasteiger partial charge is 0.423 e.